The second-order valence-electron chi connectivity index (χ2n) is 3.65. The lowest BCUT2D eigenvalue weighted by Gasteiger charge is -2.12. The van der Waals surface area contributed by atoms with Crippen molar-refractivity contribution in [2.75, 3.05) is 5.32 Å². The van der Waals surface area contributed by atoms with E-state index in [0.717, 1.165) is 6.07 Å². The Morgan fingerprint density at radius 1 is 1.15 bits per heavy atom. The molecule has 0 radical (unpaired) electrons. The van der Waals surface area contributed by atoms with Gasteiger partial charge in [-0.1, -0.05) is 11.6 Å². The van der Waals surface area contributed by atoms with Gasteiger partial charge in [0.1, 0.15) is 10.8 Å². The molecule has 2 aromatic rings. The molecule has 0 fully saturated rings. The van der Waals surface area contributed by atoms with E-state index in [1.54, 1.807) is 0 Å². The van der Waals surface area contributed by atoms with Crippen molar-refractivity contribution in [3.8, 4) is 0 Å². The summed E-state index contributed by atoms with van der Waals surface area (Å²) in [5, 5.41) is 2.45. The predicted octanol–water partition coefficient (Wildman–Crippen LogP) is 4.68. The minimum Gasteiger partial charge on any atom is -0.339 e. The first kappa shape index (κ1) is 14.8. The maximum Gasteiger partial charge on any atom is 0.419 e. The van der Waals surface area contributed by atoms with Crippen LogP contribution in [0.15, 0.2) is 24.4 Å². The lowest BCUT2D eigenvalue weighted by atomic mass is 10.2. The third-order valence-corrected chi connectivity index (χ3v) is 2.71. The van der Waals surface area contributed by atoms with Gasteiger partial charge in [-0.05, 0) is 29.8 Å². The van der Waals surface area contributed by atoms with Gasteiger partial charge in [0.25, 0.3) is 0 Å². The van der Waals surface area contributed by atoms with Crippen molar-refractivity contribution < 1.29 is 17.6 Å². The summed E-state index contributed by atoms with van der Waals surface area (Å²) in [6.07, 6.45) is -3.61. The van der Waals surface area contributed by atoms with Crippen molar-refractivity contribution in [3.63, 3.8) is 0 Å². The maximum absolute atomic E-state index is 13.1. The van der Waals surface area contributed by atoms with E-state index in [4.69, 9.17) is 23.2 Å². The molecule has 0 aliphatic rings. The highest BCUT2D eigenvalue weighted by Gasteiger charge is 2.34. The number of nitrogens with one attached hydrogen (secondary N) is 1. The molecule has 3 nitrogen and oxygen atoms in total. The normalized spacial score (nSPS) is 11.5. The van der Waals surface area contributed by atoms with Crippen LogP contribution in [0.2, 0.25) is 10.3 Å². The van der Waals surface area contributed by atoms with Crippen LogP contribution in [-0.4, -0.2) is 9.97 Å². The van der Waals surface area contributed by atoms with Gasteiger partial charge in [-0.3, -0.25) is 0 Å². The molecular weight excluding hydrogens is 321 g/mol. The van der Waals surface area contributed by atoms with E-state index in [2.05, 4.69) is 15.3 Å². The zero-order chi connectivity index (χ0) is 14.9. The number of hydrogen-bond donors (Lipinski definition) is 1. The minimum absolute atomic E-state index is 0.0198. The lowest BCUT2D eigenvalue weighted by molar-refractivity contribution is -0.139. The topological polar surface area (TPSA) is 37.8 Å². The molecular formula is C11H5Cl2F4N3. The molecule has 1 heterocycles. The third kappa shape index (κ3) is 3.29. The van der Waals surface area contributed by atoms with Gasteiger partial charge in [0.05, 0.1) is 11.8 Å². The molecule has 0 atom stereocenters. The number of aromatic nitrogens is 2. The Hall–Kier alpha value is -1.60. The predicted molar refractivity (Wildman–Crippen MR) is 66.7 cm³/mol. The second-order valence-corrected chi connectivity index (χ2v) is 4.40. The molecule has 1 N–H and O–H groups in total. The summed E-state index contributed by atoms with van der Waals surface area (Å²) in [6, 6.07) is 2.43. The summed E-state index contributed by atoms with van der Waals surface area (Å²) in [7, 11) is 0. The molecule has 0 saturated carbocycles. The molecule has 0 saturated heterocycles. The van der Waals surface area contributed by atoms with E-state index in [1.807, 2.05) is 0 Å². The molecule has 0 amide bonds. The van der Waals surface area contributed by atoms with Crippen molar-refractivity contribution in [2.24, 2.45) is 0 Å². The number of benzene rings is 1. The zero-order valence-corrected chi connectivity index (χ0v) is 11.0. The van der Waals surface area contributed by atoms with Crippen molar-refractivity contribution in [1.29, 1.82) is 0 Å². The summed E-state index contributed by atoms with van der Waals surface area (Å²) >= 11 is 11.3. The molecule has 1 aromatic carbocycles. The molecule has 0 spiro atoms. The number of nitrogens with zero attached hydrogens (tertiary/aromatic N) is 2. The molecule has 20 heavy (non-hydrogen) atoms. The van der Waals surface area contributed by atoms with Crippen LogP contribution in [0.3, 0.4) is 0 Å². The first-order valence-electron chi connectivity index (χ1n) is 5.09. The van der Waals surface area contributed by atoms with Crippen LogP contribution in [0.5, 0.6) is 0 Å². The fourth-order valence-electron chi connectivity index (χ4n) is 1.39. The summed E-state index contributed by atoms with van der Waals surface area (Å²) in [5.74, 6) is -1.35. The highest BCUT2D eigenvalue weighted by molar-refractivity contribution is 6.33. The van der Waals surface area contributed by atoms with Crippen LogP contribution in [0.25, 0.3) is 0 Å². The monoisotopic (exact) mass is 325 g/mol. The van der Waals surface area contributed by atoms with E-state index >= 15 is 0 Å². The average molecular weight is 326 g/mol. The Morgan fingerprint density at radius 2 is 1.85 bits per heavy atom. The van der Waals surface area contributed by atoms with Gasteiger partial charge in [-0.2, -0.15) is 18.2 Å². The largest absolute Gasteiger partial charge is 0.419 e. The van der Waals surface area contributed by atoms with Gasteiger partial charge in [0, 0.05) is 5.69 Å². The van der Waals surface area contributed by atoms with Gasteiger partial charge in [-0.15, -0.1) is 0 Å². The highest BCUT2D eigenvalue weighted by atomic mass is 35.5. The van der Waals surface area contributed by atoms with E-state index in [-0.39, 0.29) is 21.8 Å². The van der Waals surface area contributed by atoms with Crippen LogP contribution < -0.4 is 5.32 Å². The Bertz CT molecular complexity index is 646. The molecule has 0 bridgehead atoms. The first-order chi connectivity index (χ1) is 9.27. The van der Waals surface area contributed by atoms with Crippen molar-refractivity contribution in [1.82, 2.24) is 9.97 Å². The number of halogens is 6. The fraction of sp³-hybridized carbons (Fsp3) is 0.0909. The Balaban J connectivity index is 2.37. The first-order valence-corrected chi connectivity index (χ1v) is 5.85. The lowest BCUT2D eigenvalue weighted by Crippen LogP contribution is -2.09. The average Bonchev–Trinajstić information content (AvgIpc) is 2.35. The van der Waals surface area contributed by atoms with Crippen LogP contribution in [0.4, 0.5) is 29.1 Å². The number of alkyl halides is 3. The smallest absolute Gasteiger partial charge is 0.339 e. The summed E-state index contributed by atoms with van der Waals surface area (Å²) < 4.78 is 50.8. The van der Waals surface area contributed by atoms with Crippen molar-refractivity contribution in [3.05, 3.63) is 46.1 Å². The summed E-state index contributed by atoms with van der Waals surface area (Å²) in [6.45, 7) is 0. The van der Waals surface area contributed by atoms with E-state index in [9.17, 15) is 17.6 Å². The van der Waals surface area contributed by atoms with Crippen molar-refractivity contribution in [2.45, 2.75) is 6.18 Å². The number of anilines is 2. The van der Waals surface area contributed by atoms with Gasteiger partial charge < -0.3 is 5.32 Å². The third-order valence-electron chi connectivity index (χ3n) is 2.25. The molecule has 9 heteroatoms. The van der Waals surface area contributed by atoms with Crippen LogP contribution >= 0.6 is 23.2 Å². The minimum atomic E-state index is -4.80. The zero-order valence-electron chi connectivity index (χ0n) is 9.47. The van der Waals surface area contributed by atoms with Gasteiger partial charge in [0.15, 0.2) is 5.82 Å². The fourth-order valence-corrected chi connectivity index (χ4v) is 1.66. The van der Waals surface area contributed by atoms with Crippen molar-refractivity contribution >= 4 is 34.7 Å². The maximum atomic E-state index is 13.1. The summed E-state index contributed by atoms with van der Waals surface area (Å²) in [5.41, 5.74) is -1.42. The van der Waals surface area contributed by atoms with Crippen LogP contribution in [0, 0.1) is 5.82 Å². The highest BCUT2D eigenvalue weighted by Crippen LogP contribution is 2.34. The Morgan fingerprint density at radius 3 is 2.50 bits per heavy atom. The molecule has 0 aliphatic heterocycles. The molecule has 0 aliphatic carbocycles. The second kappa shape index (κ2) is 5.41. The summed E-state index contributed by atoms with van der Waals surface area (Å²) in [4.78, 5) is 7.31. The molecule has 1 aromatic heterocycles. The Kier molecular flexibility index (Phi) is 4.01. The van der Waals surface area contributed by atoms with Crippen LogP contribution in [0.1, 0.15) is 5.56 Å². The quantitative estimate of drug-likeness (QED) is 0.643. The molecule has 106 valence electrons. The number of rotatable bonds is 2. The van der Waals surface area contributed by atoms with Crippen LogP contribution in [-0.2, 0) is 6.18 Å². The number of hydrogen-bond acceptors (Lipinski definition) is 3. The van der Waals surface area contributed by atoms with E-state index in [0.29, 0.717) is 12.1 Å². The van der Waals surface area contributed by atoms with E-state index < -0.39 is 17.6 Å². The Labute approximate surface area is 120 Å². The van der Waals surface area contributed by atoms with E-state index in [1.165, 1.54) is 6.20 Å². The van der Waals surface area contributed by atoms with Gasteiger partial charge in [0.2, 0.25) is 5.28 Å². The van der Waals surface area contributed by atoms with Gasteiger partial charge >= 0.3 is 6.18 Å². The van der Waals surface area contributed by atoms with Gasteiger partial charge in [-0.25, -0.2) is 9.37 Å². The molecule has 2 rings (SSSR count). The standard InChI is InChI=1S/C11H5Cl2F4N3/c12-7-4-18-10(13)20-9(7)19-5-1-2-8(14)6(3-5)11(15,16)17/h1-4H,(H,18,19,20). The SMILES string of the molecule is Fc1ccc(Nc2nc(Cl)ncc2Cl)cc1C(F)(F)F. The molecule has 0 unspecified atom stereocenters.